The molecular weight excluding hydrogens is 489 g/mol. The standard InChI is InChI=1S/C25H29F3N6O3/c1-23(2,3)19(33-22(37)25(26,27)28)21(36)34-11-14-17(24(14,4)5)18(34)20(35)32-15(8-29)13-9-30-10-16-12(13)6-7-31-16/h6-7,9-10,14-15,17-19,31H,11H2,1-5H3,(H,32,35)(H,33,37)/t14-,15?,17-,18-,19+/m0/s1. The van der Waals surface area contributed by atoms with Crippen LogP contribution in [0.25, 0.3) is 10.9 Å². The number of carbonyl (C=O) groups is 3. The zero-order valence-electron chi connectivity index (χ0n) is 21.1. The number of aromatic amines is 1. The number of halogens is 3. The maximum atomic E-state index is 13.6. The van der Waals surface area contributed by atoms with Crippen molar-refractivity contribution in [3.63, 3.8) is 0 Å². The van der Waals surface area contributed by atoms with Gasteiger partial charge in [0, 0.05) is 29.9 Å². The number of H-pyrrole nitrogens is 1. The number of nitrogens with zero attached hydrogens (tertiary/aromatic N) is 3. The Morgan fingerprint density at radius 1 is 1.22 bits per heavy atom. The lowest BCUT2D eigenvalue weighted by molar-refractivity contribution is -0.176. The van der Waals surface area contributed by atoms with Crippen LogP contribution in [0.3, 0.4) is 0 Å². The SMILES string of the molecule is CC(C)(C)[C@H](NC(=O)C(F)(F)F)C(=O)N1C[C@H]2[C@@H]([C@H]1C(=O)NC(C#N)c1cncc3[nH]ccc13)C2(C)C. The van der Waals surface area contributed by atoms with E-state index in [1.54, 1.807) is 18.5 Å². The van der Waals surface area contributed by atoms with Crippen molar-refractivity contribution in [2.75, 3.05) is 6.54 Å². The van der Waals surface area contributed by atoms with Gasteiger partial charge in [-0.15, -0.1) is 0 Å². The van der Waals surface area contributed by atoms with Crippen LogP contribution >= 0.6 is 0 Å². The summed E-state index contributed by atoms with van der Waals surface area (Å²) in [5.41, 5.74) is -0.176. The van der Waals surface area contributed by atoms with E-state index in [1.165, 1.54) is 31.9 Å². The van der Waals surface area contributed by atoms with Gasteiger partial charge in [-0.1, -0.05) is 34.6 Å². The maximum Gasteiger partial charge on any atom is 0.471 e. The normalized spacial score (nSPS) is 24.1. The van der Waals surface area contributed by atoms with E-state index in [0.29, 0.717) is 16.5 Å². The summed E-state index contributed by atoms with van der Waals surface area (Å²) >= 11 is 0. The molecule has 2 aromatic heterocycles. The molecule has 0 bridgehead atoms. The van der Waals surface area contributed by atoms with Gasteiger partial charge in [-0.3, -0.25) is 19.4 Å². The molecule has 1 saturated heterocycles. The van der Waals surface area contributed by atoms with Gasteiger partial charge in [-0.2, -0.15) is 18.4 Å². The lowest BCUT2D eigenvalue weighted by Gasteiger charge is -2.37. The summed E-state index contributed by atoms with van der Waals surface area (Å²) in [5, 5.41) is 15.1. The van der Waals surface area contributed by atoms with Crippen LogP contribution in [0, 0.1) is 34.0 Å². The number of fused-ring (bicyclic) bond motifs is 2. The highest BCUT2D eigenvalue weighted by Gasteiger charge is 2.70. The number of hydrogen-bond acceptors (Lipinski definition) is 5. The third kappa shape index (κ3) is 4.63. The number of likely N-dealkylation sites (tertiary alicyclic amines) is 1. The van der Waals surface area contributed by atoms with E-state index in [0.717, 1.165) is 0 Å². The van der Waals surface area contributed by atoms with E-state index >= 15 is 0 Å². The molecule has 37 heavy (non-hydrogen) atoms. The molecule has 9 nitrogen and oxygen atoms in total. The Labute approximate surface area is 211 Å². The van der Waals surface area contributed by atoms with E-state index < -0.39 is 47.4 Å². The Kier molecular flexibility index (Phi) is 6.25. The first kappa shape index (κ1) is 26.4. The fourth-order valence-corrected chi connectivity index (χ4v) is 5.48. The van der Waals surface area contributed by atoms with Crippen LogP contribution in [-0.2, 0) is 14.4 Å². The predicted molar refractivity (Wildman–Crippen MR) is 126 cm³/mol. The van der Waals surface area contributed by atoms with Crippen LogP contribution in [0.1, 0.15) is 46.2 Å². The highest BCUT2D eigenvalue weighted by molar-refractivity contribution is 5.95. The number of carbonyl (C=O) groups excluding carboxylic acids is 3. The smallest absolute Gasteiger partial charge is 0.360 e. The van der Waals surface area contributed by atoms with Gasteiger partial charge in [0.25, 0.3) is 0 Å². The quantitative estimate of drug-likeness (QED) is 0.560. The van der Waals surface area contributed by atoms with Crippen LogP contribution in [0.15, 0.2) is 24.7 Å². The second-order valence-electron chi connectivity index (χ2n) is 11.4. The number of nitriles is 1. The number of pyridine rings is 1. The Bertz CT molecular complexity index is 1290. The molecule has 3 amide bonds. The molecule has 0 aromatic carbocycles. The summed E-state index contributed by atoms with van der Waals surface area (Å²) in [7, 11) is 0. The number of hydrogen-bond donors (Lipinski definition) is 3. The number of piperidine rings is 1. The molecule has 0 radical (unpaired) electrons. The van der Waals surface area contributed by atoms with Crippen molar-refractivity contribution in [2.45, 2.75) is 58.9 Å². The fourth-order valence-electron chi connectivity index (χ4n) is 5.48. The number of aromatic nitrogens is 2. The average Bonchev–Trinajstić information content (AvgIpc) is 3.21. The highest BCUT2D eigenvalue weighted by atomic mass is 19.4. The molecule has 2 aliphatic rings. The number of rotatable bonds is 5. The van der Waals surface area contributed by atoms with Crippen LogP contribution in [0.2, 0.25) is 0 Å². The van der Waals surface area contributed by atoms with Gasteiger partial charge in [-0.25, -0.2) is 0 Å². The summed E-state index contributed by atoms with van der Waals surface area (Å²) in [6.45, 7) is 8.71. The largest absolute Gasteiger partial charge is 0.471 e. The van der Waals surface area contributed by atoms with Gasteiger partial charge in [-0.05, 0) is 28.7 Å². The van der Waals surface area contributed by atoms with Crippen LogP contribution in [-0.4, -0.2) is 57.4 Å². The van der Waals surface area contributed by atoms with Gasteiger partial charge in [0.05, 0.1) is 17.8 Å². The van der Waals surface area contributed by atoms with Gasteiger partial charge in [0.2, 0.25) is 11.8 Å². The van der Waals surface area contributed by atoms with Crippen LogP contribution < -0.4 is 10.6 Å². The van der Waals surface area contributed by atoms with E-state index in [2.05, 4.69) is 21.4 Å². The molecule has 1 aliphatic heterocycles. The molecule has 12 heteroatoms. The van der Waals surface area contributed by atoms with Gasteiger partial charge in [0.1, 0.15) is 18.1 Å². The van der Waals surface area contributed by atoms with Crippen molar-refractivity contribution in [1.82, 2.24) is 25.5 Å². The first-order valence-corrected chi connectivity index (χ1v) is 11.9. The highest BCUT2D eigenvalue weighted by Crippen LogP contribution is 2.65. The number of amides is 3. The topological polar surface area (TPSA) is 131 Å². The summed E-state index contributed by atoms with van der Waals surface area (Å²) < 4.78 is 39.0. The van der Waals surface area contributed by atoms with Gasteiger partial charge >= 0.3 is 12.1 Å². The molecule has 5 atom stereocenters. The summed E-state index contributed by atoms with van der Waals surface area (Å²) in [4.78, 5) is 47.3. The molecule has 0 spiro atoms. The lowest BCUT2D eigenvalue weighted by Crippen LogP contribution is -2.60. The third-order valence-electron chi connectivity index (χ3n) is 7.64. The number of nitrogens with one attached hydrogen (secondary N) is 3. The predicted octanol–water partition coefficient (Wildman–Crippen LogP) is 2.82. The van der Waals surface area contributed by atoms with Gasteiger partial charge < -0.3 is 20.5 Å². The van der Waals surface area contributed by atoms with Crippen molar-refractivity contribution >= 4 is 28.6 Å². The first-order chi connectivity index (χ1) is 17.1. The Balaban J connectivity index is 1.62. The second-order valence-corrected chi connectivity index (χ2v) is 11.4. The Morgan fingerprint density at radius 3 is 2.49 bits per heavy atom. The van der Waals surface area contributed by atoms with Crippen molar-refractivity contribution in [2.24, 2.45) is 22.7 Å². The second kappa shape index (κ2) is 8.75. The molecule has 1 saturated carbocycles. The van der Waals surface area contributed by atoms with E-state index in [9.17, 15) is 32.8 Å². The lowest BCUT2D eigenvalue weighted by atomic mass is 9.85. The Morgan fingerprint density at radius 2 is 1.89 bits per heavy atom. The molecule has 1 aliphatic carbocycles. The molecule has 1 unspecified atom stereocenters. The zero-order chi connectivity index (χ0) is 27.5. The zero-order valence-corrected chi connectivity index (χ0v) is 21.1. The monoisotopic (exact) mass is 518 g/mol. The first-order valence-electron chi connectivity index (χ1n) is 11.9. The maximum absolute atomic E-state index is 13.6. The summed E-state index contributed by atoms with van der Waals surface area (Å²) in [6.07, 6.45) is -0.411. The van der Waals surface area contributed by atoms with E-state index in [4.69, 9.17) is 0 Å². The minimum atomic E-state index is -5.16. The molecule has 3 N–H and O–H groups in total. The van der Waals surface area contributed by atoms with Crippen LogP contribution in [0.4, 0.5) is 13.2 Å². The van der Waals surface area contributed by atoms with E-state index in [1.807, 2.05) is 19.2 Å². The van der Waals surface area contributed by atoms with Crippen molar-refractivity contribution in [1.29, 1.82) is 5.26 Å². The summed E-state index contributed by atoms with van der Waals surface area (Å²) in [6, 6.07) is 0.236. The van der Waals surface area contributed by atoms with Crippen molar-refractivity contribution in [3.05, 3.63) is 30.2 Å². The average molecular weight is 519 g/mol. The van der Waals surface area contributed by atoms with Crippen molar-refractivity contribution < 1.29 is 27.6 Å². The fraction of sp³-hybridized carbons (Fsp3) is 0.560. The molecule has 3 heterocycles. The molecule has 2 aromatic rings. The molecule has 198 valence electrons. The van der Waals surface area contributed by atoms with Crippen LogP contribution in [0.5, 0.6) is 0 Å². The van der Waals surface area contributed by atoms with Crippen molar-refractivity contribution in [3.8, 4) is 6.07 Å². The molecular formula is C25H29F3N6O3. The number of alkyl halides is 3. The molecule has 4 rings (SSSR count). The minimum Gasteiger partial charge on any atom is -0.360 e. The Hall–Kier alpha value is -3.62. The third-order valence-corrected chi connectivity index (χ3v) is 7.64. The summed E-state index contributed by atoms with van der Waals surface area (Å²) in [5.74, 6) is -3.85. The molecule has 2 fully saturated rings. The van der Waals surface area contributed by atoms with E-state index in [-0.39, 0.29) is 23.8 Å². The van der Waals surface area contributed by atoms with Gasteiger partial charge in [0.15, 0.2) is 0 Å². The minimum absolute atomic E-state index is 0.0403.